The first kappa shape index (κ1) is 19.4. The molecular weight excluding hydrogens is 84.3 g/mol. The summed E-state index contributed by atoms with van der Waals surface area (Å²) in [5.41, 5.74) is 0. The second-order valence-electron chi connectivity index (χ2n) is 0.0833. The van der Waals surface area contributed by atoms with Crippen LogP contribution in [0.2, 0.25) is 0 Å². The molecule has 0 rings (SSSR count). The van der Waals surface area contributed by atoms with Gasteiger partial charge in [0.05, 0.1) is 0 Å². The Morgan fingerprint density at radius 1 is 1.20 bits per heavy atom. The van der Waals surface area contributed by atoms with E-state index in [1.807, 2.05) is 0 Å². The van der Waals surface area contributed by atoms with Crippen molar-refractivity contribution in [3.05, 3.63) is 0 Å². The van der Waals surface area contributed by atoms with Gasteiger partial charge in [-0.2, -0.15) is 9.59 Å². The average molecular weight is 84.3 g/mol. The van der Waals surface area contributed by atoms with Crippen molar-refractivity contribution in [1.29, 1.82) is 0 Å². The van der Waals surface area contributed by atoms with Crippen molar-refractivity contribution < 1.29 is 15.1 Å². The topological polar surface area (TPSA) is 62.6 Å². The van der Waals surface area contributed by atoms with Crippen LogP contribution in [0.15, 0.2) is 0 Å². The van der Waals surface area contributed by atoms with Gasteiger partial charge < -0.3 is 5.48 Å². The van der Waals surface area contributed by atoms with E-state index in [4.69, 9.17) is 9.59 Å². The molecule has 0 aromatic carbocycles. The van der Waals surface area contributed by atoms with Crippen LogP contribution in [0.3, 0.4) is 0 Å². The molecule has 0 saturated heterocycles. The van der Waals surface area contributed by atoms with Crippen LogP contribution < -0.4 is 0 Å². The van der Waals surface area contributed by atoms with Crippen LogP contribution in [0.4, 0.5) is 0 Å². The zero-order chi connectivity index (χ0) is 2.71. The molecule has 3 nitrogen and oxygen atoms in total. The van der Waals surface area contributed by atoms with Crippen LogP contribution in [0, 0.1) is 0 Å². The quantitative estimate of drug-likeness (QED) is 0.350. The monoisotopic (exact) mass is 84.0 g/mol. The summed E-state index contributed by atoms with van der Waals surface area (Å²) in [5, 5.41) is 0. The van der Waals surface area contributed by atoms with Crippen LogP contribution in [-0.4, -0.2) is 29.2 Å². The number of rotatable bonds is 0. The maximum atomic E-state index is 8.12. The van der Waals surface area contributed by atoms with Gasteiger partial charge in [-0.15, -0.1) is 0 Å². The van der Waals surface area contributed by atoms with Crippen molar-refractivity contribution in [1.82, 2.24) is 0 Å². The molecule has 5 heavy (non-hydrogen) atoms. The second kappa shape index (κ2) is 32.4. The van der Waals surface area contributed by atoms with Crippen molar-refractivity contribution in [2.24, 2.45) is 0 Å². The maximum absolute atomic E-state index is 8.12. The van der Waals surface area contributed by atoms with Gasteiger partial charge >= 0.3 is 29.2 Å². The largest absolute Gasteiger partial charge is 2.00 e. The van der Waals surface area contributed by atoms with Crippen LogP contribution in [0.1, 0.15) is 0 Å². The van der Waals surface area contributed by atoms with Crippen LogP contribution in [0.5, 0.6) is 0 Å². The molecule has 0 heterocycles. The molecule has 0 N–H and O–H groups in total. The molecular formula is CMgO3. The van der Waals surface area contributed by atoms with Gasteiger partial charge in [-0.25, -0.2) is 0 Å². The fourth-order valence-corrected chi connectivity index (χ4v) is 0. The minimum absolute atomic E-state index is 0. The van der Waals surface area contributed by atoms with Gasteiger partial charge in [0.2, 0.25) is 0 Å². The van der Waals surface area contributed by atoms with Crippen molar-refractivity contribution >= 4 is 29.2 Å². The van der Waals surface area contributed by atoms with Crippen molar-refractivity contribution in [2.45, 2.75) is 0 Å². The summed E-state index contributed by atoms with van der Waals surface area (Å²) >= 11 is 0. The molecule has 4 heteroatoms. The summed E-state index contributed by atoms with van der Waals surface area (Å²) in [6, 6.07) is 0. The molecule has 0 aromatic heterocycles. The molecule has 0 fully saturated rings. The molecule has 24 valence electrons. The SMILES string of the molecule is O=C=O.[Mg+2].[O-2]. The summed E-state index contributed by atoms with van der Waals surface area (Å²) in [6.45, 7) is 0. The fourth-order valence-electron chi connectivity index (χ4n) is 0. The molecule has 0 atom stereocenters. The Hall–Kier alpha value is 0.106. The van der Waals surface area contributed by atoms with Crippen molar-refractivity contribution in [3.8, 4) is 0 Å². The van der Waals surface area contributed by atoms with E-state index in [1.54, 1.807) is 0 Å². The molecule has 0 aliphatic rings. The molecule has 0 unspecified atom stereocenters. The first-order chi connectivity index (χ1) is 1.41. The van der Waals surface area contributed by atoms with Gasteiger partial charge in [0.25, 0.3) is 0 Å². The third kappa shape index (κ3) is 1610. The zero-order valence-electron chi connectivity index (χ0n) is 2.43. The standard InChI is InChI=1S/CO2.Mg.O/c2-1-3;;/q;+2;-2. The molecule has 0 aliphatic heterocycles. The summed E-state index contributed by atoms with van der Waals surface area (Å²) in [5.74, 6) is 0. The van der Waals surface area contributed by atoms with Gasteiger partial charge in [-0.1, -0.05) is 0 Å². The van der Waals surface area contributed by atoms with Gasteiger partial charge in [-0.05, 0) is 0 Å². The van der Waals surface area contributed by atoms with E-state index in [1.165, 1.54) is 0 Å². The Labute approximate surface area is 44.8 Å². The van der Waals surface area contributed by atoms with Crippen molar-refractivity contribution in [2.75, 3.05) is 0 Å². The minimum Gasteiger partial charge on any atom is -2.00 e. The van der Waals surface area contributed by atoms with E-state index in [-0.39, 0.29) is 34.7 Å². The minimum atomic E-state index is 0. The Balaban J connectivity index is -0.0000000200. The molecule has 0 aliphatic carbocycles. The normalized spacial score (nSPS) is 1.60. The van der Waals surface area contributed by atoms with Gasteiger partial charge in [0.15, 0.2) is 0 Å². The zero-order valence-corrected chi connectivity index (χ0v) is 3.85. The van der Waals surface area contributed by atoms with E-state index in [0.29, 0.717) is 0 Å². The molecule has 0 bridgehead atoms. The molecule has 0 saturated carbocycles. The average Bonchev–Trinajstić information content (AvgIpc) is 0.918. The smallest absolute Gasteiger partial charge is 2.00 e. The summed E-state index contributed by atoms with van der Waals surface area (Å²) in [7, 11) is 0. The van der Waals surface area contributed by atoms with Gasteiger partial charge in [0, 0.05) is 0 Å². The van der Waals surface area contributed by atoms with Crippen LogP contribution in [-0.2, 0) is 15.1 Å². The van der Waals surface area contributed by atoms with Crippen LogP contribution >= 0.6 is 0 Å². The predicted molar refractivity (Wildman–Crippen MR) is 11.4 cm³/mol. The van der Waals surface area contributed by atoms with E-state index in [2.05, 4.69) is 0 Å². The molecule has 0 amide bonds. The van der Waals surface area contributed by atoms with E-state index in [0.717, 1.165) is 0 Å². The second-order valence-corrected chi connectivity index (χ2v) is 0.0833. The third-order valence-electron chi connectivity index (χ3n) is 0. The van der Waals surface area contributed by atoms with Gasteiger partial charge in [-0.3, -0.25) is 0 Å². The molecule has 0 spiro atoms. The number of hydrogen-bond donors (Lipinski definition) is 0. The Kier molecular flexibility index (Phi) is 126. The van der Waals surface area contributed by atoms with E-state index in [9.17, 15) is 0 Å². The fraction of sp³-hybridized carbons (Fsp3) is 0. The summed E-state index contributed by atoms with van der Waals surface area (Å²) < 4.78 is 0. The Morgan fingerprint density at radius 2 is 1.20 bits per heavy atom. The first-order valence-corrected chi connectivity index (χ1v) is 0.408. The van der Waals surface area contributed by atoms with Crippen molar-refractivity contribution in [3.63, 3.8) is 0 Å². The summed E-state index contributed by atoms with van der Waals surface area (Å²) in [4.78, 5) is 16.2. The Morgan fingerprint density at radius 3 is 1.20 bits per heavy atom. The number of carbonyl (C=O) groups excluding carboxylic acids is 2. The summed E-state index contributed by atoms with van der Waals surface area (Å²) in [6.07, 6.45) is 0.250. The third-order valence-corrected chi connectivity index (χ3v) is 0. The van der Waals surface area contributed by atoms with E-state index >= 15 is 0 Å². The maximum Gasteiger partial charge on any atom is 2.00 e. The molecule has 0 radical (unpaired) electrons. The molecule has 0 aromatic rings. The van der Waals surface area contributed by atoms with Gasteiger partial charge in [0.1, 0.15) is 0 Å². The predicted octanol–water partition coefficient (Wildman–Crippen LogP) is -1.08. The van der Waals surface area contributed by atoms with E-state index < -0.39 is 0 Å². The van der Waals surface area contributed by atoms with Crippen LogP contribution in [0.25, 0.3) is 0 Å². The first-order valence-electron chi connectivity index (χ1n) is 0.408. The number of hydrogen-bond acceptors (Lipinski definition) is 2. The Bertz CT molecular complexity index is 27.9.